The highest BCUT2D eigenvalue weighted by atomic mass is 16.1. The van der Waals surface area contributed by atoms with E-state index in [2.05, 4.69) is 62.4 Å². The molecule has 2 aromatic carbocycles. The maximum Gasteiger partial charge on any atom is 0.251 e. The molecule has 1 aromatic heterocycles. The van der Waals surface area contributed by atoms with Gasteiger partial charge in [-0.25, -0.2) is 4.98 Å². The van der Waals surface area contributed by atoms with Gasteiger partial charge >= 0.3 is 0 Å². The molecule has 2 aliphatic heterocycles. The van der Waals surface area contributed by atoms with Gasteiger partial charge in [0.2, 0.25) is 0 Å². The molecule has 1 unspecified atom stereocenters. The van der Waals surface area contributed by atoms with E-state index in [4.69, 9.17) is 0 Å². The Hall–Kier alpha value is -3.08. The number of imidazole rings is 1. The topological polar surface area (TPSA) is 50.2 Å². The van der Waals surface area contributed by atoms with Gasteiger partial charge in [0.1, 0.15) is 5.82 Å². The summed E-state index contributed by atoms with van der Waals surface area (Å²) in [6.07, 6.45) is 4.98. The molecule has 5 nitrogen and oxygen atoms in total. The first-order chi connectivity index (χ1) is 14.2. The van der Waals surface area contributed by atoms with Gasteiger partial charge < -0.3 is 14.8 Å². The Morgan fingerprint density at radius 3 is 2.69 bits per heavy atom. The number of aromatic nitrogens is 2. The molecule has 0 spiro atoms. The van der Waals surface area contributed by atoms with Gasteiger partial charge in [-0.1, -0.05) is 24.3 Å². The third-order valence-electron chi connectivity index (χ3n) is 6.07. The monoisotopic (exact) mass is 386 g/mol. The predicted molar refractivity (Wildman–Crippen MR) is 114 cm³/mol. The van der Waals surface area contributed by atoms with Gasteiger partial charge in [0, 0.05) is 49.5 Å². The van der Waals surface area contributed by atoms with Crippen molar-refractivity contribution in [1.82, 2.24) is 14.9 Å². The van der Waals surface area contributed by atoms with Crippen molar-refractivity contribution in [2.24, 2.45) is 0 Å². The molecule has 148 valence electrons. The minimum atomic E-state index is 0.00540. The normalized spacial score (nSPS) is 18.1. The van der Waals surface area contributed by atoms with Crippen LogP contribution in [0.2, 0.25) is 0 Å². The number of nitrogens with zero attached hydrogens (tertiary/aromatic N) is 3. The number of amides is 1. The van der Waals surface area contributed by atoms with Crippen LogP contribution in [0, 0.1) is 6.92 Å². The highest BCUT2D eigenvalue weighted by Gasteiger charge is 2.22. The first-order valence-corrected chi connectivity index (χ1v) is 10.4. The van der Waals surface area contributed by atoms with E-state index in [0.717, 1.165) is 56.0 Å². The van der Waals surface area contributed by atoms with Crippen molar-refractivity contribution < 1.29 is 4.79 Å². The zero-order chi connectivity index (χ0) is 19.8. The van der Waals surface area contributed by atoms with E-state index in [1.165, 1.54) is 16.8 Å². The van der Waals surface area contributed by atoms with Gasteiger partial charge in [0.15, 0.2) is 0 Å². The molecule has 0 fully saturated rings. The van der Waals surface area contributed by atoms with Crippen molar-refractivity contribution in [3.05, 3.63) is 82.9 Å². The number of anilines is 1. The largest absolute Gasteiger partial charge is 0.367 e. The Bertz CT molecular complexity index is 1040. The minimum Gasteiger partial charge on any atom is -0.367 e. The summed E-state index contributed by atoms with van der Waals surface area (Å²) in [5, 5.41) is 3.20. The molecule has 0 saturated heterocycles. The van der Waals surface area contributed by atoms with Crippen molar-refractivity contribution in [2.75, 3.05) is 11.4 Å². The number of carbonyl (C=O) groups is 1. The van der Waals surface area contributed by atoms with Crippen LogP contribution in [-0.2, 0) is 25.9 Å². The molecule has 0 saturated carbocycles. The Morgan fingerprint density at radius 2 is 1.86 bits per heavy atom. The lowest BCUT2D eigenvalue weighted by Crippen LogP contribution is -2.40. The van der Waals surface area contributed by atoms with E-state index in [0.29, 0.717) is 0 Å². The van der Waals surface area contributed by atoms with Gasteiger partial charge in [-0.05, 0) is 55.2 Å². The number of hydrogen-bond acceptors (Lipinski definition) is 3. The molecule has 29 heavy (non-hydrogen) atoms. The second kappa shape index (κ2) is 7.39. The number of aryl methyl sites for hydroxylation is 2. The summed E-state index contributed by atoms with van der Waals surface area (Å²) in [6, 6.07) is 16.8. The fourth-order valence-electron chi connectivity index (χ4n) is 4.51. The zero-order valence-corrected chi connectivity index (χ0v) is 16.8. The van der Waals surface area contributed by atoms with Crippen molar-refractivity contribution in [1.29, 1.82) is 0 Å². The van der Waals surface area contributed by atoms with Gasteiger partial charge in [-0.2, -0.15) is 0 Å². The molecule has 0 aliphatic carbocycles. The minimum absolute atomic E-state index is 0.00540. The van der Waals surface area contributed by atoms with Crippen molar-refractivity contribution in [2.45, 2.75) is 45.3 Å². The average molecular weight is 386 g/mol. The molecule has 1 amide bonds. The molecule has 5 rings (SSSR count). The van der Waals surface area contributed by atoms with Gasteiger partial charge in [-0.3, -0.25) is 4.79 Å². The zero-order valence-electron chi connectivity index (χ0n) is 16.8. The molecular formula is C24H26N4O. The third kappa shape index (κ3) is 3.65. The highest BCUT2D eigenvalue weighted by molar-refractivity contribution is 5.94. The van der Waals surface area contributed by atoms with E-state index in [1.807, 2.05) is 19.1 Å². The van der Waals surface area contributed by atoms with Crippen molar-refractivity contribution >= 4 is 11.6 Å². The summed E-state index contributed by atoms with van der Waals surface area (Å²) < 4.78 is 2.17. The van der Waals surface area contributed by atoms with Gasteiger partial charge in [0.05, 0.1) is 5.69 Å². The maximum absolute atomic E-state index is 12.7. The highest BCUT2D eigenvalue weighted by Crippen LogP contribution is 2.25. The number of fused-ring (bicyclic) bond motifs is 2. The lowest BCUT2D eigenvalue weighted by Gasteiger charge is -2.31. The van der Waals surface area contributed by atoms with Crippen LogP contribution in [0.5, 0.6) is 0 Å². The van der Waals surface area contributed by atoms with Crippen LogP contribution in [0.15, 0.2) is 54.7 Å². The summed E-state index contributed by atoms with van der Waals surface area (Å²) in [5.41, 5.74) is 5.78. The lowest BCUT2D eigenvalue weighted by molar-refractivity contribution is 0.0927. The summed E-state index contributed by atoms with van der Waals surface area (Å²) >= 11 is 0. The molecule has 3 heterocycles. The Morgan fingerprint density at radius 1 is 1.07 bits per heavy atom. The molecule has 0 bridgehead atoms. The third-order valence-corrected chi connectivity index (χ3v) is 6.07. The van der Waals surface area contributed by atoms with E-state index in [1.54, 1.807) is 0 Å². The molecule has 5 heteroatoms. The standard InChI is InChI=1S/C24H26N4O/c1-17-14-28-16-21(8-11-23(28)25-17)26-24(29)19-6-9-22(10-7-19)27-13-12-18-4-2-3-5-20(18)15-27/h2-7,9-10,14,21H,8,11-13,15-16H2,1H3,(H,26,29). The first-order valence-electron chi connectivity index (χ1n) is 10.4. The second-order valence-corrected chi connectivity index (χ2v) is 8.15. The Kier molecular flexibility index (Phi) is 4.58. The van der Waals surface area contributed by atoms with E-state index < -0.39 is 0 Å². The Labute approximate surface area is 171 Å². The summed E-state index contributed by atoms with van der Waals surface area (Å²) in [5.74, 6) is 1.13. The van der Waals surface area contributed by atoms with Crippen LogP contribution in [0.3, 0.4) is 0 Å². The van der Waals surface area contributed by atoms with Crippen LogP contribution < -0.4 is 10.2 Å². The van der Waals surface area contributed by atoms with Crippen LogP contribution in [-0.4, -0.2) is 28.0 Å². The van der Waals surface area contributed by atoms with E-state index >= 15 is 0 Å². The first kappa shape index (κ1) is 18.0. The van der Waals surface area contributed by atoms with Gasteiger partial charge in [-0.15, -0.1) is 0 Å². The second-order valence-electron chi connectivity index (χ2n) is 8.15. The van der Waals surface area contributed by atoms with Crippen molar-refractivity contribution in [3.8, 4) is 0 Å². The Balaban J connectivity index is 1.23. The summed E-state index contributed by atoms with van der Waals surface area (Å²) in [6.45, 7) is 4.75. The summed E-state index contributed by atoms with van der Waals surface area (Å²) in [7, 11) is 0. The molecule has 1 atom stereocenters. The molecule has 1 N–H and O–H groups in total. The molecule has 3 aromatic rings. The maximum atomic E-state index is 12.7. The van der Waals surface area contributed by atoms with E-state index in [9.17, 15) is 4.79 Å². The SMILES string of the molecule is Cc1cn2c(n1)CCC(NC(=O)c1ccc(N3CCc4ccccc4C3)cc1)C2. The number of carbonyl (C=O) groups excluding carboxylic acids is 1. The van der Waals surface area contributed by atoms with Crippen LogP contribution in [0.1, 0.15) is 39.4 Å². The van der Waals surface area contributed by atoms with Crippen LogP contribution >= 0.6 is 0 Å². The molecule has 2 aliphatic rings. The molecular weight excluding hydrogens is 360 g/mol. The van der Waals surface area contributed by atoms with E-state index in [-0.39, 0.29) is 11.9 Å². The number of nitrogens with one attached hydrogen (secondary N) is 1. The fraction of sp³-hybridized carbons (Fsp3) is 0.333. The quantitative estimate of drug-likeness (QED) is 0.750. The number of hydrogen-bond donors (Lipinski definition) is 1. The molecule has 0 radical (unpaired) electrons. The van der Waals surface area contributed by atoms with Crippen LogP contribution in [0.25, 0.3) is 0 Å². The van der Waals surface area contributed by atoms with Crippen molar-refractivity contribution in [3.63, 3.8) is 0 Å². The average Bonchev–Trinajstić information content (AvgIpc) is 3.13. The van der Waals surface area contributed by atoms with Gasteiger partial charge in [0.25, 0.3) is 5.91 Å². The predicted octanol–water partition coefficient (Wildman–Crippen LogP) is 3.50. The summed E-state index contributed by atoms with van der Waals surface area (Å²) in [4.78, 5) is 19.7. The lowest BCUT2D eigenvalue weighted by atomic mass is 9.99. The number of rotatable bonds is 3. The fourth-order valence-corrected chi connectivity index (χ4v) is 4.51. The smallest absolute Gasteiger partial charge is 0.251 e. The van der Waals surface area contributed by atoms with Crippen LogP contribution in [0.4, 0.5) is 5.69 Å². The number of benzene rings is 2.